The molecule has 1 unspecified atom stereocenters. The van der Waals surface area contributed by atoms with Gasteiger partial charge in [-0.2, -0.15) is 0 Å². The molecule has 1 N–H and O–H groups in total. The predicted octanol–water partition coefficient (Wildman–Crippen LogP) is 2.45. The fourth-order valence-corrected chi connectivity index (χ4v) is 2.05. The molecule has 2 aromatic rings. The number of carboxylic acids is 1. The van der Waals surface area contributed by atoms with Gasteiger partial charge in [0, 0.05) is 6.92 Å². The Hall–Kier alpha value is -2.56. The van der Waals surface area contributed by atoms with Crippen LogP contribution in [0, 0.1) is 0 Å². The average molecular weight is 273 g/mol. The van der Waals surface area contributed by atoms with E-state index in [1.165, 1.54) is 18.1 Å². The minimum atomic E-state index is -1.07. The fraction of sp³-hybridized carbons (Fsp3) is 0.200. The number of carbonyl (C=O) groups excluding carboxylic acids is 1. The number of rotatable bonds is 5. The van der Waals surface area contributed by atoms with Gasteiger partial charge in [-0.25, -0.2) is 4.79 Å². The van der Waals surface area contributed by atoms with Crippen LogP contribution >= 0.6 is 0 Å². The first-order valence-corrected chi connectivity index (χ1v) is 6.17. The van der Waals surface area contributed by atoms with Crippen LogP contribution in [-0.4, -0.2) is 21.9 Å². The third-order valence-electron chi connectivity index (χ3n) is 2.97. The van der Waals surface area contributed by atoms with Crippen molar-refractivity contribution in [2.24, 2.45) is 0 Å². The Morgan fingerprint density at radius 2 is 1.90 bits per heavy atom. The van der Waals surface area contributed by atoms with Crippen LogP contribution in [0.5, 0.6) is 0 Å². The van der Waals surface area contributed by atoms with E-state index >= 15 is 0 Å². The molecule has 1 aromatic heterocycles. The van der Waals surface area contributed by atoms with Gasteiger partial charge >= 0.3 is 5.97 Å². The van der Waals surface area contributed by atoms with Crippen molar-refractivity contribution < 1.29 is 19.1 Å². The van der Waals surface area contributed by atoms with Crippen molar-refractivity contribution in [3.63, 3.8) is 0 Å². The van der Waals surface area contributed by atoms with Crippen molar-refractivity contribution in [3.8, 4) is 0 Å². The van der Waals surface area contributed by atoms with Gasteiger partial charge in [-0.05, 0) is 17.7 Å². The van der Waals surface area contributed by atoms with Crippen molar-refractivity contribution in [2.75, 3.05) is 0 Å². The van der Waals surface area contributed by atoms with E-state index in [4.69, 9.17) is 4.42 Å². The van der Waals surface area contributed by atoms with Crippen molar-refractivity contribution in [1.82, 2.24) is 4.90 Å². The summed E-state index contributed by atoms with van der Waals surface area (Å²) in [6, 6.07) is 11.1. The molecule has 0 saturated heterocycles. The zero-order chi connectivity index (χ0) is 14.5. The molecule has 0 aliphatic rings. The van der Waals surface area contributed by atoms with Gasteiger partial charge in [-0.3, -0.25) is 4.79 Å². The van der Waals surface area contributed by atoms with Gasteiger partial charge in [-0.15, -0.1) is 0 Å². The lowest BCUT2D eigenvalue weighted by Gasteiger charge is -2.27. The second-order valence-electron chi connectivity index (χ2n) is 4.38. The monoisotopic (exact) mass is 273 g/mol. The third-order valence-corrected chi connectivity index (χ3v) is 2.97. The first kappa shape index (κ1) is 13.9. The van der Waals surface area contributed by atoms with E-state index in [0.717, 1.165) is 0 Å². The smallest absolute Gasteiger partial charge is 0.331 e. The standard InChI is InChI=1S/C15H15NO4/c1-11(17)16(10-13-8-5-9-20-13)14(15(18)19)12-6-3-2-4-7-12/h2-9,14H,10H2,1H3,(H,18,19). The van der Waals surface area contributed by atoms with Crippen LogP contribution in [0.15, 0.2) is 53.1 Å². The van der Waals surface area contributed by atoms with Crippen LogP contribution in [0.4, 0.5) is 0 Å². The number of benzene rings is 1. The van der Waals surface area contributed by atoms with Gasteiger partial charge < -0.3 is 14.4 Å². The molecule has 0 fully saturated rings. The van der Waals surface area contributed by atoms with E-state index in [0.29, 0.717) is 11.3 Å². The quantitative estimate of drug-likeness (QED) is 0.908. The summed E-state index contributed by atoms with van der Waals surface area (Å²) in [7, 11) is 0. The van der Waals surface area contributed by atoms with E-state index in [9.17, 15) is 14.7 Å². The molecule has 104 valence electrons. The van der Waals surface area contributed by atoms with Crippen molar-refractivity contribution >= 4 is 11.9 Å². The van der Waals surface area contributed by atoms with Gasteiger partial charge in [0.25, 0.3) is 0 Å². The zero-order valence-electron chi connectivity index (χ0n) is 11.0. The van der Waals surface area contributed by atoms with Crippen molar-refractivity contribution in [2.45, 2.75) is 19.5 Å². The van der Waals surface area contributed by atoms with E-state index in [1.807, 2.05) is 0 Å². The Morgan fingerprint density at radius 3 is 2.40 bits per heavy atom. The second kappa shape index (κ2) is 6.06. The van der Waals surface area contributed by atoms with Gasteiger partial charge in [0.15, 0.2) is 6.04 Å². The number of hydrogen-bond donors (Lipinski definition) is 1. The number of amides is 1. The maximum atomic E-state index is 11.8. The predicted molar refractivity (Wildman–Crippen MR) is 71.8 cm³/mol. The highest BCUT2D eigenvalue weighted by molar-refractivity contribution is 5.83. The molecule has 1 heterocycles. The maximum absolute atomic E-state index is 11.8. The lowest BCUT2D eigenvalue weighted by Crippen LogP contribution is -2.37. The van der Waals surface area contributed by atoms with Crippen LogP contribution in [-0.2, 0) is 16.1 Å². The van der Waals surface area contributed by atoms with Gasteiger partial charge in [-0.1, -0.05) is 30.3 Å². The molecule has 2 rings (SSSR count). The number of carboxylic acid groups (broad SMARTS) is 1. The molecule has 1 aromatic carbocycles. The summed E-state index contributed by atoms with van der Waals surface area (Å²) in [5.41, 5.74) is 0.557. The number of carbonyl (C=O) groups is 2. The largest absolute Gasteiger partial charge is 0.479 e. The molecule has 1 atom stereocenters. The average Bonchev–Trinajstić information content (AvgIpc) is 2.91. The Kier molecular flexibility index (Phi) is 4.20. The number of nitrogens with zero attached hydrogens (tertiary/aromatic N) is 1. The molecule has 5 heteroatoms. The summed E-state index contributed by atoms with van der Waals surface area (Å²) in [5.74, 6) is -0.849. The molecular weight excluding hydrogens is 258 g/mol. The number of hydrogen-bond acceptors (Lipinski definition) is 3. The van der Waals surface area contributed by atoms with E-state index in [2.05, 4.69) is 0 Å². The molecule has 0 aliphatic heterocycles. The fourth-order valence-electron chi connectivity index (χ4n) is 2.05. The highest BCUT2D eigenvalue weighted by Gasteiger charge is 2.29. The lowest BCUT2D eigenvalue weighted by molar-refractivity contribution is -0.150. The molecule has 0 bridgehead atoms. The zero-order valence-corrected chi connectivity index (χ0v) is 11.0. The molecule has 0 radical (unpaired) electrons. The van der Waals surface area contributed by atoms with E-state index < -0.39 is 12.0 Å². The summed E-state index contributed by atoms with van der Waals surface area (Å²) in [5, 5.41) is 9.45. The number of furan rings is 1. The summed E-state index contributed by atoms with van der Waals surface area (Å²) >= 11 is 0. The molecular formula is C15H15NO4. The minimum absolute atomic E-state index is 0.119. The van der Waals surface area contributed by atoms with Crippen molar-refractivity contribution in [3.05, 3.63) is 60.1 Å². The third kappa shape index (κ3) is 3.06. The minimum Gasteiger partial charge on any atom is -0.479 e. The summed E-state index contributed by atoms with van der Waals surface area (Å²) in [4.78, 5) is 24.6. The molecule has 0 saturated carbocycles. The Morgan fingerprint density at radius 1 is 1.20 bits per heavy atom. The summed E-state index contributed by atoms with van der Waals surface area (Å²) < 4.78 is 5.19. The number of aliphatic carboxylic acids is 1. The first-order chi connectivity index (χ1) is 9.59. The van der Waals surface area contributed by atoms with Crippen LogP contribution in [0.3, 0.4) is 0 Å². The SMILES string of the molecule is CC(=O)N(Cc1ccco1)C(C(=O)O)c1ccccc1. The summed E-state index contributed by atoms with van der Waals surface area (Å²) in [6.45, 7) is 1.47. The topological polar surface area (TPSA) is 70.8 Å². The molecule has 20 heavy (non-hydrogen) atoms. The Bertz CT molecular complexity index is 577. The van der Waals surface area contributed by atoms with E-state index in [-0.39, 0.29) is 12.5 Å². The van der Waals surface area contributed by atoms with Gasteiger partial charge in [0.2, 0.25) is 5.91 Å². The van der Waals surface area contributed by atoms with Crippen LogP contribution in [0.1, 0.15) is 24.3 Å². The highest BCUT2D eigenvalue weighted by Crippen LogP contribution is 2.23. The van der Waals surface area contributed by atoms with Crippen molar-refractivity contribution in [1.29, 1.82) is 0 Å². The van der Waals surface area contributed by atoms with E-state index in [1.54, 1.807) is 42.5 Å². The molecule has 0 spiro atoms. The first-order valence-electron chi connectivity index (χ1n) is 6.17. The summed E-state index contributed by atoms with van der Waals surface area (Å²) in [6.07, 6.45) is 1.49. The highest BCUT2D eigenvalue weighted by atomic mass is 16.4. The molecule has 1 amide bonds. The van der Waals surface area contributed by atoms with Gasteiger partial charge in [0.05, 0.1) is 12.8 Å². The normalized spacial score (nSPS) is 11.8. The van der Waals surface area contributed by atoms with Crippen LogP contribution < -0.4 is 0 Å². The van der Waals surface area contributed by atoms with Crippen LogP contribution in [0.2, 0.25) is 0 Å². The Labute approximate surface area is 116 Å². The van der Waals surface area contributed by atoms with Gasteiger partial charge in [0.1, 0.15) is 5.76 Å². The van der Waals surface area contributed by atoms with Crippen LogP contribution in [0.25, 0.3) is 0 Å². The molecule has 0 aliphatic carbocycles. The molecule has 5 nitrogen and oxygen atoms in total. The Balaban J connectivity index is 2.33. The second-order valence-corrected chi connectivity index (χ2v) is 4.38. The maximum Gasteiger partial charge on any atom is 0.331 e. The lowest BCUT2D eigenvalue weighted by atomic mass is 10.1.